The molecule has 3 aromatic carbocycles. The minimum Gasteiger partial charge on any atom is -0.495 e. The van der Waals surface area contributed by atoms with Crippen LogP contribution >= 0.6 is 11.8 Å². The van der Waals surface area contributed by atoms with E-state index < -0.39 is 5.25 Å². The van der Waals surface area contributed by atoms with Crippen molar-refractivity contribution in [3.05, 3.63) is 89.7 Å². The van der Waals surface area contributed by atoms with Crippen LogP contribution < -0.4 is 10.1 Å². The minimum atomic E-state index is -0.603. The standard InChI is InChI=1S/C22H20FNO2S/c1-15-12-13-19(26-2)18(14-15)24-22(25)21(16-8-4-3-5-9-16)27-20-11-7-6-10-17(20)23/h3-14,21H,1-2H3,(H,24,25)/t21-/m1/s1. The molecule has 0 aromatic heterocycles. The maximum atomic E-state index is 14.2. The number of aryl methyl sites for hydroxylation is 1. The topological polar surface area (TPSA) is 38.3 Å². The Kier molecular flexibility index (Phi) is 6.14. The predicted molar refractivity (Wildman–Crippen MR) is 108 cm³/mol. The number of carbonyl (C=O) groups is 1. The summed E-state index contributed by atoms with van der Waals surface area (Å²) < 4.78 is 19.5. The fourth-order valence-corrected chi connectivity index (χ4v) is 3.74. The highest BCUT2D eigenvalue weighted by Gasteiger charge is 2.24. The molecule has 0 heterocycles. The maximum absolute atomic E-state index is 14.2. The van der Waals surface area contributed by atoms with E-state index in [-0.39, 0.29) is 11.7 Å². The van der Waals surface area contributed by atoms with Gasteiger partial charge in [0.25, 0.3) is 0 Å². The summed E-state index contributed by atoms with van der Waals surface area (Å²) in [6.45, 7) is 1.94. The second-order valence-corrected chi connectivity index (χ2v) is 7.18. The van der Waals surface area contributed by atoms with E-state index in [0.717, 1.165) is 11.1 Å². The van der Waals surface area contributed by atoms with E-state index in [2.05, 4.69) is 5.32 Å². The molecule has 1 amide bonds. The molecule has 138 valence electrons. The molecule has 27 heavy (non-hydrogen) atoms. The number of methoxy groups -OCH3 is 1. The Morgan fingerprint density at radius 2 is 1.74 bits per heavy atom. The summed E-state index contributed by atoms with van der Waals surface area (Å²) in [5.41, 5.74) is 2.40. The number of anilines is 1. The first-order valence-corrected chi connectivity index (χ1v) is 9.38. The van der Waals surface area contributed by atoms with E-state index in [4.69, 9.17) is 4.74 Å². The molecule has 0 aliphatic rings. The largest absolute Gasteiger partial charge is 0.495 e. The molecule has 0 fully saturated rings. The number of ether oxygens (including phenoxy) is 1. The van der Waals surface area contributed by atoms with Gasteiger partial charge in [0.05, 0.1) is 12.8 Å². The van der Waals surface area contributed by atoms with Crippen molar-refractivity contribution in [2.75, 3.05) is 12.4 Å². The Balaban J connectivity index is 1.92. The van der Waals surface area contributed by atoms with Crippen LogP contribution in [-0.4, -0.2) is 13.0 Å². The van der Waals surface area contributed by atoms with Crippen LogP contribution in [0.15, 0.2) is 77.7 Å². The van der Waals surface area contributed by atoms with Gasteiger partial charge in [0, 0.05) is 4.90 Å². The van der Waals surface area contributed by atoms with E-state index in [1.54, 1.807) is 25.3 Å². The SMILES string of the molecule is COc1ccc(C)cc1NC(=O)[C@H](Sc1ccccc1F)c1ccccc1. The first-order valence-electron chi connectivity index (χ1n) is 8.50. The lowest BCUT2D eigenvalue weighted by molar-refractivity contribution is -0.115. The quantitative estimate of drug-likeness (QED) is 0.564. The van der Waals surface area contributed by atoms with Crippen LogP contribution in [-0.2, 0) is 4.79 Å². The van der Waals surface area contributed by atoms with Gasteiger partial charge in [-0.15, -0.1) is 11.8 Å². The molecule has 0 spiro atoms. The molecule has 1 N–H and O–H groups in total. The highest BCUT2D eigenvalue weighted by molar-refractivity contribution is 8.00. The first-order chi connectivity index (χ1) is 13.1. The molecule has 0 bridgehead atoms. The third-order valence-electron chi connectivity index (χ3n) is 4.03. The second-order valence-electron chi connectivity index (χ2n) is 6.03. The molecule has 0 saturated heterocycles. The highest BCUT2D eigenvalue weighted by Crippen LogP contribution is 2.38. The molecule has 0 saturated carbocycles. The molecule has 3 nitrogen and oxygen atoms in total. The fraction of sp³-hybridized carbons (Fsp3) is 0.136. The van der Waals surface area contributed by atoms with Crippen LogP contribution in [0.4, 0.5) is 10.1 Å². The molecule has 1 atom stereocenters. The minimum absolute atomic E-state index is 0.238. The van der Waals surface area contributed by atoms with Gasteiger partial charge in [-0.2, -0.15) is 0 Å². The average Bonchev–Trinajstić information content (AvgIpc) is 2.68. The van der Waals surface area contributed by atoms with Crippen molar-refractivity contribution in [1.82, 2.24) is 0 Å². The van der Waals surface area contributed by atoms with Gasteiger partial charge < -0.3 is 10.1 Å². The second kappa shape index (κ2) is 8.73. The van der Waals surface area contributed by atoms with Crippen LogP contribution in [0.2, 0.25) is 0 Å². The molecular weight excluding hydrogens is 361 g/mol. The number of hydrogen-bond donors (Lipinski definition) is 1. The molecule has 5 heteroatoms. The van der Waals surface area contributed by atoms with E-state index in [1.807, 2.05) is 55.5 Å². The normalized spacial score (nSPS) is 11.7. The number of benzene rings is 3. The number of halogens is 1. The third-order valence-corrected chi connectivity index (χ3v) is 5.34. The van der Waals surface area contributed by atoms with Crippen molar-refractivity contribution in [2.45, 2.75) is 17.1 Å². The van der Waals surface area contributed by atoms with E-state index in [9.17, 15) is 9.18 Å². The Bertz CT molecular complexity index is 931. The van der Waals surface area contributed by atoms with Crippen molar-refractivity contribution in [3.63, 3.8) is 0 Å². The number of carbonyl (C=O) groups excluding carboxylic acids is 1. The highest BCUT2D eigenvalue weighted by atomic mass is 32.2. The molecular formula is C22H20FNO2S. The lowest BCUT2D eigenvalue weighted by Crippen LogP contribution is -2.19. The Morgan fingerprint density at radius 3 is 2.44 bits per heavy atom. The zero-order valence-electron chi connectivity index (χ0n) is 15.1. The van der Waals surface area contributed by atoms with Crippen LogP contribution in [0.3, 0.4) is 0 Å². The van der Waals surface area contributed by atoms with Gasteiger partial charge in [-0.3, -0.25) is 4.79 Å². The van der Waals surface area contributed by atoms with Crippen molar-refractivity contribution in [3.8, 4) is 5.75 Å². The molecule has 0 radical (unpaired) electrons. The number of amides is 1. The first kappa shape index (κ1) is 19.0. The van der Waals surface area contributed by atoms with Gasteiger partial charge in [0.1, 0.15) is 16.8 Å². The molecule has 0 unspecified atom stereocenters. The van der Waals surface area contributed by atoms with E-state index in [1.165, 1.54) is 17.8 Å². The van der Waals surface area contributed by atoms with Crippen LogP contribution in [0.5, 0.6) is 5.75 Å². The van der Waals surface area contributed by atoms with Crippen LogP contribution in [0.25, 0.3) is 0 Å². The summed E-state index contributed by atoms with van der Waals surface area (Å²) >= 11 is 1.19. The van der Waals surface area contributed by atoms with Crippen molar-refractivity contribution < 1.29 is 13.9 Å². The van der Waals surface area contributed by atoms with Crippen molar-refractivity contribution in [1.29, 1.82) is 0 Å². The summed E-state index contributed by atoms with van der Waals surface area (Å²) in [4.78, 5) is 13.5. The lowest BCUT2D eigenvalue weighted by atomic mass is 10.1. The summed E-state index contributed by atoms with van der Waals surface area (Å²) in [5, 5.41) is 2.33. The number of rotatable bonds is 6. The average molecular weight is 381 g/mol. The van der Waals surface area contributed by atoms with Crippen LogP contribution in [0.1, 0.15) is 16.4 Å². The van der Waals surface area contributed by atoms with E-state index in [0.29, 0.717) is 16.3 Å². The van der Waals surface area contributed by atoms with Crippen molar-refractivity contribution in [2.24, 2.45) is 0 Å². The molecule has 0 aliphatic carbocycles. The molecule has 3 rings (SSSR count). The summed E-state index contributed by atoms with van der Waals surface area (Å²) in [6, 6.07) is 21.4. The predicted octanol–water partition coefficient (Wildman–Crippen LogP) is 5.61. The Hall–Kier alpha value is -2.79. The Morgan fingerprint density at radius 1 is 1.04 bits per heavy atom. The number of thioether (sulfide) groups is 1. The number of hydrogen-bond acceptors (Lipinski definition) is 3. The van der Waals surface area contributed by atoms with Gasteiger partial charge in [-0.25, -0.2) is 4.39 Å². The third kappa shape index (κ3) is 4.68. The van der Waals surface area contributed by atoms with Gasteiger partial charge in [0.2, 0.25) is 5.91 Å². The van der Waals surface area contributed by atoms with Crippen LogP contribution in [0, 0.1) is 12.7 Å². The van der Waals surface area contributed by atoms with Gasteiger partial charge in [0.15, 0.2) is 0 Å². The zero-order chi connectivity index (χ0) is 19.2. The maximum Gasteiger partial charge on any atom is 0.242 e. The van der Waals surface area contributed by atoms with Gasteiger partial charge in [-0.05, 0) is 42.3 Å². The monoisotopic (exact) mass is 381 g/mol. The van der Waals surface area contributed by atoms with Gasteiger partial charge >= 0.3 is 0 Å². The zero-order valence-corrected chi connectivity index (χ0v) is 15.9. The van der Waals surface area contributed by atoms with Crippen molar-refractivity contribution >= 4 is 23.4 Å². The smallest absolute Gasteiger partial charge is 0.242 e. The molecule has 0 aliphatic heterocycles. The van der Waals surface area contributed by atoms with E-state index >= 15 is 0 Å². The van der Waals surface area contributed by atoms with Gasteiger partial charge in [-0.1, -0.05) is 48.5 Å². The Labute approximate surface area is 162 Å². The summed E-state index contributed by atoms with van der Waals surface area (Å²) in [7, 11) is 1.56. The summed E-state index contributed by atoms with van der Waals surface area (Å²) in [5.74, 6) is -0.000580. The molecule has 3 aromatic rings. The fourth-order valence-electron chi connectivity index (χ4n) is 2.69. The lowest BCUT2D eigenvalue weighted by Gasteiger charge is -2.18. The summed E-state index contributed by atoms with van der Waals surface area (Å²) in [6.07, 6.45) is 0. The number of nitrogens with one attached hydrogen (secondary N) is 1.